The third-order valence-electron chi connectivity index (χ3n) is 4.44. The predicted octanol–water partition coefficient (Wildman–Crippen LogP) is 6.08. The average Bonchev–Trinajstić information content (AvgIpc) is 2.88. The number of hydrogen-bond donors (Lipinski definition) is 0. The van der Waals surface area contributed by atoms with Crippen molar-refractivity contribution < 1.29 is 4.57 Å². The maximum atomic E-state index is 3.78. The molecule has 1 aromatic heterocycles. The normalized spacial score (nSPS) is 19.1. The zero-order valence-electron chi connectivity index (χ0n) is 14.9. The predicted molar refractivity (Wildman–Crippen MR) is 106 cm³/mol. The number of aryl methyl sites for hydroxylation is 1. The molecule has 1 nitrogen and oxygen atoms in total. The molecule has 2 aromatic rings. The Morgan fingerprint density at radius 3 is 2.79 bits per heavy atom. The van der Waals surface area contributed by atoms with Gasteiger partial charge in [0.25, 0.3) is 5.01 Å². The molecule has 3 rings (SSSR count). The van der Waals surface area contributed by atoms with Crippen LogP contribution in [-0.2, 0) is 6.54 Å². The van der Waals surface area contributed by atoms with Crippen LogP contribution < -0.4 is 4.57 Å². The van der Waals surface area contributed by atoms with Crippen molar-refractivity contribution >= 4 is 27.6 Å². The molecule has 24 heavy (non-hydrogen) atoms. The number of nitrogens with zero attached hydrogens (tertiary/aromatic N) is 1. The smallest absolute Gasteiger partial charge is 0.182 e. The van der Waals surface area contributed by atoms with Crippen LogP contribution in [0.25, 0.3) is 16.3 Å². The van der Waals surface area contributed by atoms with Gasteiger partial charge in [-0.25, -0.2) is 0 Å². The van der Waals surface area contributed by atoms with Crippen molar-refractivity contribution in [2.24, 2.45) is 5.41 Å². The van der Waals surface area contributed by atoms with Crippen LogP contribution in [-0.4, -0.2) is 0 Å². The lowest BCUT2D eigenvalue weighted by molar-refractivity contribution is -0.665. The monoisotopic (exact) mass is 336 g/mol. The molecule has 0 radical (unpaired) electrons. The van der Waals surface area contributed by atoms with Gasteiger partial charge in [0, 0.05) is 12.1 Å². The van der Waals surface area contributed by atoms with Crippen LogP contribution in [0.1, 0.15) is 38.6 Å². The van der Waals surface area contributed by atoms with E-state index in [2.05, 4.69) is 74.4 Å². The highest BCUT2D eigenvalue weighted by Gasteiger charge is 2.26. The van der Waals surface area contributed by atoms with Crippen LogP contribution in [0.15, 0.2) is 66.3 Å². The minimum absolute atomic E-state index is 0.301. The molecule has 0 spiro atoms. The molecule has 124 valence electrons. The highest BCUT2D eigenvalue weighted by molar-refractivity contribution is 7.18. The molecule has 1 aromatic carbocycles. The standard InChI is InChI=1S/C22H26NS/c1-5-7-10-17-13-18(16-22(3,4)15-17)14-21-23(6-2)19-11-8-9-12-20(19)24-21/h5,7-14H,1,6,15-16H2,2-4H3/q+1/b10-7+,18-14-. The third kappa shape index (κ3) is 3.59. The van der Waals surface area contributed by atoms with Gasteiger partial charge in [-0.05, 0) is 42.4 Å². The Hall–Kier alpha value is -1.93. The van der Waals surface area contributed by atoms with Crippen molar-refractivity contribution in [2.45, 2.75) is 40.2 Å². The van der Waals surface area contributed by atoms with Crippen molar-refractivity contribution in [3.05, 3.63) is 71.3 Å². The van der Waals surface area contributed by atoms with Gasteiger partial charge in [0.2, 0.25) is 5.52 Å². The summed E-state index contributed by atoms with van der Waals surface area (Å²) in [5.41, 5.74) is 4.45. The number of allylic oxidation sites excluding steroid dienone is 6. The molecule has 0 aliphatic heterocycles. The van der Waals surface area contributed by atoms with Crippen molar-refractivity contribution in [3.8, 4) is 0 Å². The molecule has 1 aliphatic carbocycles. The second kappa shape index (κ2) is 6.90. The molecule has 0 unspecified atom stereocenters. The van der Waals surface area contributed by atoms with Gasteiger partial charge >= 0.3 is 0 Å². The number of fused-ring (bicyclic) bond motifs is 1. The molecule has 2 heteroatoms. The van der Waals surface area contributed by atoms with Gasteiger partial charge in [-0.3, -0.25) is 0 Å². The second-order valence-electron chi connectivity index (χ2n) is 7.20. The minimum Gasteiger partial charge on any atom is -0.182 e. The first kappa shape index (κ1) is 16.9. The first-order valence-corrected chi connectivity index (χ1v) is 9.46. The summed E-state index contributed by atoms with van der Waals surface area (Å²) < 4.78 is 3.78. The van der Waals surface area contributed by atoms with E-state index in [1.807, 2.05) is 23.5 Å². The number of thiazole rings is 1. The summed E-state index contributed by atoms with van der Waals surface area (Å²) in [7, 11) is 0. The van der Waals surface area contributed by atoms with E-state index in [4.69, 9.17) is 0 Å². The Morgan fingerprint density at radius 1 is 1.25 bits per heavy atom. The van der Waals surface area contributed by atoms with E-state index >= 15 is 0 Å². The number of hydrogen-bond acceptors (Lipinski definition) is 1. The minimum atomic E-state index is 0.301. The first-order chi connectivity index (χ1) is 11.5. The summed E-state index contributed by atoms with van der Waals surface area (Å²) in [5.74, 6) is 0. The lowest BCUT2D eigenvalue weighted by Gasteiger charge is -2.30. The van der Waals surface area contributed by atoms with Crippen LogP contribution >= 0.6 is 11.3 Å². The lowest BCUT2D eigenvalue weighted by Crippen LogP contribution is -2.33. The van der Waals surface area contributed by atoms with Crippen molar-refractivity contribution in [1.82, 2.24) is 0 Å². The summed E-state index contributed by atoms with van der Waals surface area (Å²) in [5, 5.41) is 1.34. The highest BCUT2D eigenvalue weighted by Crippen LogP contribution is 2.39. The SMILES string of the molecule is C=C/C=C/C1=CC(=C/c2sc3ccccc3[n+]2CC)/CC(C)(C)C1. The van der Waals surface area contributed by atoms with Gasteiger partial charge in [0.1, 0.15) is 11.2 Å². The molecule has 0 fully saturated rings. The van der Waals surface area contributed by atoms with Gasteiger partial charge in [0.05, 0.1) is 0 Å². The zero-order chi connectivity index (χ0) is 17.2. The van der Waals surface area contributed by atoms with Gasteiger partial charge in [-0.2, -0.15) is 4.57 Å². The molecular formula is C22H26NS+. The van der Waals surface area contributed by atoms with Crippen LogP contribution in [0, 0.1) is 5.41 Å². The van der Waals surface area contributed by atoms with E-state index in [1.54, 1.807) is 0 Å². The lowest BCUT2D eigenvalue weighted by atomic mass is 9.75. The maximum Gasteiger partial charge on any atom is 0.263 e. The molecule has 0 N–H and O–H groups in total. The maximum absolute atomic E-state index is 3.78. The Bertz CT molecular complexity index is 846. The molecule has 0 saturated heterocycles. The molecule has 1 aliphatic rings. The first-order valence-electron chi connectivity index (χ1n) is 8.64. The molecule has 1 heterocycles. The largest absolute Gasteiger partial charge is 0.263 e. The van der Waals surface area contributed by atoms with Crippen molar-refractivity contribution in [3.63, 3.8) is 0 Å². The molecule has 0 atom stereocenters. The molecular weight excluding hydrogens is 310 g/mol. The fraction of sp³-hybridized carbons (Fsp3) is 0.318. The fourth-order valence-electron chi connectivity index (χ4n) is 3.54. The highest BCUT2D eigenvalue weighted by atomic mass is 32.1. The Labute approximate surface area is 149 Å². The van der Waals surface area contributed by atoms with E-state index in [-0.39, 0.29) is 0 Å². The molecule has 0 bridgehead atoms. The van der Waals surface area contributed by atoms with Gasteiger partial charge in [-0.1, -0.05) is 68.2 Å². The second-order valence-corrected chi connectivity index (χ2v) is 8.27. The van der Waals surface area contributed by atoms with E-state index in [9.17, 15) is 0 Å². The number of rotatable bonds is 4. The molecule has 0 saturated carbocycles. The Kier molecular flexibility index (Phi) is 4.86. The zero-order valence-corrected chi connectivity index (χ0v) is 15.7. The molecule has 0 amide bonds. The van der Waals surface area contributed by atoms with Crippen LogP contribution in [0.2, 0.25) is 0 Å². The number of para-hydroxylation sites is 1. The average molecular weight is 337 g/mol. The van der Waals surface area contributed by atoms with E-state index < -0.39 is 0 Å². The van der Waals surface area contributed by atoms with Gasteiger partial charge in [0.15, 0.2) is 0 Å². The van der Waals surface area contributed by atoms with Crippen molar-refractivity contribution in [1.29, 1.82) is 0 Å². The number of benzene rings is 1. The number of aromatic nitrogens is 1. The quantitative estimate of drug-likeness (QED) is 0.470. The Balaban J connectivity index is 2.06. The van der Waals surface area contributed by atoms with Gasteiger partial charge < -0.3 is 0 Å². The Morgan fingerprint density at radius 2 is 2.04 bits per heavy atom. The van der Waals surface area contributed by atoms with Crippen LogP contribution in [0.3, 0.4) is 0 Å². The summed E-state index contributed by atoms with van der Waals surface area (Å²) >= 11 is 1.88. The van der Waals surface area contributed by atoms with E-state index in [1.165, 1.54) is 26.4 Å². The summed E-state index contributed by atoms with van der Waals surface area (Å²) in [6.45, 7) is 11.7. The summed E-state index contributed by atoms with van der Waals surface area (Å²) in [6, 6.07) is 8.68. The van der Waals surface area contributed by atoms with Crippen LogP contribution in [0.4, 0.5) is 0 Å². The van der Waals surface area contributed by atoms with Crippen LogP contribution in [0.5, 0.6) is 0 Å². The van der Waals surface area contributed by atoms with Crippen molar-refractivity contribution in [2.75, 3.05) is 0 Å². The topological polar surface area (TPSA) is 3.88 Å². The van der Waals surface area contributed by atoms with E-state index in [0.717, 1.165) is 19.4 Å². The summed E-state index contributed by atoms with van der Waals surface area (Å²) in [6.07, 6.45) is 13.1. The van der Waals surface area contributed by atoms with E-state index in [0.29, 0.717) is 5.41 Å². The fourth-order valence-corrected chi connectivity index (χ4v) is 4.75. The van der Waals surface area contributed by atoms with Gasteiger partial charge in [-0.15, -0.1) is 0 Å². The summed E-state index contributed by atoms with van der Waals surface area (Å²) in [4.78, 5) is 0. The third-order valence-corrected chi connectivity index (χ3v) is 5.56.